The third-order valence-electron chi connectivity index (χ3n) is 3.34. The minimum atomic E-state index is -3.65. The number of pyridine rings is 1. The molecule has 0 spiro atoms. The van der Waals surface area contributed by atoms with Gasteiger partial charge in [0, 0.05) is 18.9 Å². The maximum Gasteiger partial charge on any atom is 0.244 e. The smallest absolute Gasteiger partial charge is 0.244 e. The van der Waals surface area contributed by atoms with Crippen LogP contribution in [-0.2, 0) is 16.6 Å². The molecule has 0 radical (unpaired) electrons. The van der Waals surface area contributed by atoms with Gasteiger partial charge in [0.05, 0.1) is 6.61 Å². The number of rotatable bonds is 6. The van der Waals surface area contributed by atoms with Crippen LogP contribution in [0.3, 0.4) is 0 Å². The first-order valence-corrected chi connectivity index (χ1v) is 8.55. The van der Waals surface area contributed by atoms with Crippen molar-refractivity contribution in [3.8, 4) is 5.75 Å². The van der Waals surface area contributed by atoms with Crippen LogP contribution in [0, 0.1) is 13.8 Å². The minimum Gasteiger partial charge on any atom is -0.492 e. The number of hydrogen-bond acceptors (Lipinski definition) is 4. The second-order valence-electron chi connectivity index (χ2n) is 5.00. The molecule has 1 N–H and O–H groups in total. The van der Waals surface area contributed by atoms with E-state index in [0.717, 1.165) is 16.7 Å². The number of sulfonamides is 1. The first-order chi connectivity index (χ1) is 10.4. The largest absolute Gasteiger partial charge is 0.492 e. The lowest BCUT2D eigenvalue weighted by Crippen LogP contribution is -2.24. The molecule has 0 saturated carbocycles. The summed E-state index contributed by atoms with van der Waals surface area (Å²) in [5, 5.41) is 0. The fraction of sp³-hybridized carbons (Fsp3) is 0.312. The summed E-state index contributed by atoms with van der Waals surface area (Å²) in [6.07, 6.45) is 3.28. The summed E-state index contributed by atoms with van der Waals surface area (Å²) in [6.45, 7) is 6.24. The molecule has 2 aromatic rings. The Morgan fingerprint density at radius 2 is 1.95 bits per heavy atom. The van der Waals surface area contributed by atoms with Gasteiger partial charge in [-0.25, -0.2) is 13.1 Å². The molecule has 0 unspecified atom stereocenters. The molecule has 1 aromatic carbocycles. The molecule has 1 aromatic heterocycles. The summed E-state index contributed by atoms with van der Waals surface area (Å²) in [5.74, 6) is 0.379. The third-order valence-corrected chi connectivity index (χ3v) is 4.76. The highest BCUT2D eigenvalue weighted by molar-refractivity contribution is 7.89. The highest BCUT2D eigenvalue weighted by Gasteiger charge is 2.20. The van der Waals surface area contributed by atoms with Crippen molar-refractivity contribution in [2.24, 2.45) is 0 Å². The Balaban J connectivity index is 2.30. The zero-order chi connectivity index (χ0) is 16.2. The monoisotopic (exact) mass is 320 g/mol. The molecule has 0 fully saturated rings. The summed E-state index contributed by atoms with van der Waals surface area (Å²) in [4.78, 5) is 4.14. The van der Waals surface area contributed by atoms with E-state index in [-0.39, 0.29) is 11.4 Å². The molecule has 0 amide bonds. The Hall–Kier alpha value is -1.92. The normalized spacial score (nSPS) is 11.4. The molecule has 2 rings (SSSR count). The summed E-state index contributed by atoms with van der Waals surface area (Å²) in [7, 11) is -3.65. The molecule has 22 heavy (non-hydrogen) atoms. The van der Waals surface area contributed by atoms with Gasteiger partial charge in [-0.05, 0) is 55.7 Å². The molecule has 5 nitrogen and oxygen atoms in total. The Kier molecular flexibility index (Phi) is 5.15. The van der Waals surface area contributed by atoms with Crippen LogP contribution in [0.15, 0.2) is 41.6 Å². The van der Waals surface area contributed by atoms with E-state index in [1.54, 1.807) is 30.6 Å². The van der Waals surface area contributed by atoms with Crippen molar-refractivity contribution in [3.05, 3.63) is 53.3 Å². The molecule has 0 aliphatic rings. The Labute approximate surface area is 131 Å². The van der Waals surface area contributed by atoms with Gasteiger partial charge in [0.2, 0.25) is 10.0 Å². The SMILES string of the molecule is CCOc1cc(C)c(C)cc1S(=O)(=O)NCc1cccnc1. The third kappa shape index (κ3) is 3.84. The molecule has 0 atom stereocenters. The number of hydrogen-bond donors (Lipinski definition) is 1. The fourth-order valence-corrected chi connectivity index (χ4v) is 3.23. The number of nitrogens with zero attached hydrogens (tertiary/aromatic N) is 1. The lowest BCUT2D eigenvalue weighted by atomic mass is 10.1. The van der Waals surface area contributed by atoms with Crippen molar-refractivity contribution in [2.45, 2.75) is 32.2 Å². The first-order valence-electron chi connectivity index (χ1n) is 7.06. The van der Waals surface area contributed by atoms with E-state index in [9.17, 15) is 8.42 Å². The molecule has 0 saturated heterocycles. The average Bonchev–Trinajstić information content (AvgIpc) is 2.50. The van der Waals surface area contributed by atoms with Gasteiger partial charge >= 0.3 is 0 Å². The van der Waals surface area contributed by atoms with Gasteiger partial charge in [0.25, 0.3) is 0 Å². The molecule has 118 valence electrons. The van der Waals surface area contributed by atoms with Gasteiger partial charge in [-0.15, -0.1) is 0 Å². The zero-order valence-corrected chi connectivity index (χ0v) is 13.8. The van der Waals surface area contributed by atoms with Crippen LogP contribution in [0.4, 0.5) is 0 Å². The van der Waals surface area contributed by atoms with E-state index in [2.05, 4.69) is 9.71 Å². The van der Waals surface area contributed by atoms with Crippen LogP contribution in [0.5, 0.6) is 5.75 Å². The van der Waals surface area contributed by atoms with Gasteiger partial charge in [-0.2, -0.15) is 0 Å². The second kappa shape index (κ2) is 6.89. The summed E-state index contributed by atoms with van der Waals surface area (Å²) >= 11 is 0. The maximum atomic E-state index is 12.6. The van der Waals surface area contributed by atoms with Crippen molar-refractivity contribution in [2.75, 3.05) is 6.61 Å². The highest BCUT2D eigenvalue weighted by atomic mass is 32.2. The van der Waals surface area contributed by atoms with Crippen LogP contribution < -0.4 is 9.46 Å². The van der Waals surface area contributed by atoms with E-state index < -0.39 is 10.0 Å². The van der Waals surface area contributed by atoms with Crippen LogP contribution in [0.2, 0.25) is 0 Å². The zero-order valence-electron chi connectivity index (χ0n) is 13.0. The maximum absolute atomic E-state index is 12.6. The first kappa shape index (κ1) is 16.5. The van der Waals surface area contributed by atoms with Crippen molar-refractivity contribution >= 4 is 10.0 Å². The topological polar surface area (TPSA) is 68.3 Å². The molecule has 0 bridgehead atoms. The van der Waals surface area contributed by atoms with E-state index in [1.807, 2.05) is 26.8 Å². The lowest BCUT2D eigenvalue weighted by Gasteiger charge is -2.14. The van der Waals surface area contributed by atoms with Crippen LogP contribution in [0.1, 0.15) is 23.6 Å². The second-order valence-corrected chi connectivity index (χ2v) is 6.74. The molecule has 0 aliphatic heterocycles. The highest BCUT2D eigenvalue weighted by Crippen LogP contribution is 2.27. The van der Waals surface area contributed by atoms with Gasteiger partial charge in [-0.3, -0.25) is 4.98 Å². The van der Waals surface area contributed by atoms with Crippen molar-refractivity contribution in [3.63, 3.8) is 0 Å². The number of benzene rings is 1. The fourth-order valence-electron chi connectivity index (χ4n) is 2.00. The van der Waals surface area contributed by atoms with Gasteiger partial charge in [-0.1, -0.05) is 6.07 Å². The number of aryl methyl sites for hydroxylation is 2. The van der Waals surface area contributed by atoms with Gasteiger partial charge < -0.3 is 4.74 Å². The van der Waals surface area contributed by atoms with E-state index >= 15 is 0 Å². The predicted molar refractivity (Wildman–Crippen MR) is 85.3 cm³/mol. The van der Waals surface area contributed by atoms with Gasteiger partial charge in [0.15, 0.2) is 0 Å². The summed E-state index contributed by atoms with van der Waals surface area (Å²) in [5.41, 5.74) is 2.70. The Morgan fingerprint density at radius 3 is 2.59 bits per heavy atom. The van der Waals surface area contributed by atoms with Crippen LogP contribution in [-0.4, -0.2) is 20.0 Å². The summed E-state index contributed by atoms with van der Waals surface area (Å²) < 4.78 is 33.2. The molecule has 6 heteroatoms. The number of nitrogens with one attached hydrogen (secondary N) is 1. The number of ether oxygens (including phenoxy) is 1. The standard InChI is InChI=1S/C16H20N2O3S/c1-4-21-15-8-12(2)13(3)9-16(15)22(19,20)18-11-14-6-5-7-17-10-14/h5-10,18H,4,11H2,1-3H3. The van der Waals surface area contributed by atoms with E-state index in [4.69, 9.17) is 4.74 Å². The van der Waals surface area contributed by atoms with Crippen LogP contribution >= 0.6 is 0 Å². The predicted octanol–water partition coefficient (Wildman–Crippen LogP) is 2.58. The lowest BCUT2D eigenvalue weighted by molar-refractivity contribution is 0.330. The Bertz CT molecular complexity index is 743. The molecular formula is C16H20N2O3S. The van der Waals surface area contributed by atoms with Crippen molar-refractivity contribution in [1.29, 1.82) is 0 Å². The average molecular weight is 320 g/mol. The van der Waals surface area contributed by atoms with E-state index in [0.29, 0.717) is 12.4 Å². The minimum absolute atomic E-state index is 0.168. The van der Waals surface area contributed by atoms with Crippen LogP contribution in [0.25, 0.3) is 0 Å². The van der Waals surface area contributed by atoms with E-state index in [1.165, 1.54) is 0 Å². The number of aromatic nitrogens is 1. The molecule has 1 heterocycles. The quantitative estimate of drug-likeness (QED) is 0.888. The van der Waals surface area contributed by atoms with Crippen molar-refractivity contribution < 1.29 is 13.2 Å². The van der Waals surface area contributed by atoms with Gasteiger partial charge in [0.1, 0.15) is 10.6 Å². The Morgan fingerprint density at radius 1 is 1.23 bits per heavy atom. The van der Waals surface area contributed by atoms with Crippen molar-refractivity contribution in [1.82, 2.24) is 9.71 Å². The molecule has 0 aliphatic carbocycles. The molecular weight excluding hydrogens is 300 g/mol. The summed E-state index contributed by atoms with van der Waals surface area (Å²) in [6, 6.07) is 6.99.